The lowest BCUT2D eigenvalue weighted by Crippen LogP contribution is -2.33. The fourth-order valence-electron chi connectivity index (χ4n) is 4.52. The van der Waals surface area contributed by atoms with Crippen LogP contribution in [-0.4, -0.2) is 35.3 Å². The van der Waals surface area contributed by atoms with Crippen LogP contribution in [0.5, 0.6) is 11.5 Å². The number of hydrogen-bond donors (Lipinski definition) is 5. The Morgan fingerprint density at radius 3 is 2.48 bits per heavy atom. The summed E-state index contributed by atoms with van der Waals surface area (Å²) in [5.41, 5.74) is 15.4. The summed E-state index contributed by atoms with van der Waals surface area (Å²) in [6.07, 6.45) is 8.13. The summed E-state index contributed by atoms with van der Waals surface area (Å²) in [7, 11) is 0. The van der Waals surface area contributed by atoms with E-state index in [-0.39, 0.29) is 23.5 Å². The van der Waals surface area contributed by atoms with Gasteiger partial charge >= 0.3 is 0 Å². The molecule has 2 unspecified atom stereocenters. The molecule has 0 heterocycles. The van der Waals surface area contributed by atoms with Gasteiger partial charge in [0.05, 0.1) is 0 Å². The normalized spacial score (nSPS) is 18.0. The maximum absolute atomic E-state index is 11.1. The number of carbonyl (C=O) groups excluding carboxylic acids is 1. The zero-order chi connectivity index (χ0) is 22.2. The summed E-state index contributed by atoms with van der Waals surface area (Å²) >= 11 is 0. The third-order valence-corrected chi connectivity index (χ3v) is 6.39. The number of phenols is 2. The van der Waals surface area contributed by atoms with Crippen molar-refractivity contribution >= 4 is 5.91 Å². The third-order valence-electron chi connectivity index (χ3n) is 6.39. The minimum absolute atomic E-state index is 0.0317. The van der Waals surface area contributed by atoms with Crippen molar-refractivity contribution < 1.29 is 15.0 Å². The number of benzene rings is 2. The van der Waals surface area contributed by atoms with Gasteiger partial charge in [-0.15, -0.1) is 0 Å². The van der Waals surface area contributed by atoms with E-state index in [9.17, 15) is 15.0 Å². The van der Waals surface area contributed by atoms with Crippen molar-refractivity contribution in [3.8, 4) is 11.5 Å². The minimum Gasteiger partial charge on any atom is -0.504 e. The molecular weight excluding hydrogens is 390 g/mol. The van der Waals surface area contributed by atoms with Crippen LogP contribution in [0.1, 0.15) is 71.5 Å². The highest BCUT2D eigenvalue weighted by Crippen LogP contribution is 2.42. The number of carbonyl (C=O) groups is 1. The summed E-state index contributed by atoms with van der Waals surface area (Å²) in [5.74, 6) is -0.140. The van der Waals surface area contributed by atoms with E-state index in [1.807, 2.05) is 18.2 Å². The Labute approximate surface area is 184 Å². The van der Waals surface area contributed by atoms with Crippen LogP contribution in [-0.2, 0) is 12.8 Å². The second kappa shape index (κ2) is 11.2. The Morgan fingerprint density at radius 1 is 1.00 bits per heavy atom. The molecule has 31 heavy (non-hydrogen) atoms. The summed E-state index contributed by atoms with van der Waals surface area (Å²) in [6.45, 7) is 1.91. The van der Waals surface area contributed by atoms with E-state index in [1.165, 1.54) is 18.4 Å². The predicted octanol–water partition coefficient (Wildman–Crippen LogP) is 3.34. The molecule has 1 aliphatic rings. The monoisotopic (exact) mass is 425 g/mol. The molecule has 0 fully saturated rings. The highest BCUT2D eigenvalue weighted by molar-refractivity contribution is 5.92. The van der Waals surface area contributed by atoms with Crippen molar-refractivity contribution in [2.45, 2.75) is 63.3 Å². The molecule has 0 spiro atoms. The van der Waals surface area contributed by atoms with Gasteiger partial charge in [-0.3, -0.25) is 4.79 Å². The van der Waals surface area contributed by atoms with Crippen LogP contribution in [0.2, 0.25) is 0 Å². The number of hydrogen-bond acceptors (Lipinski definition) is 5. The van der Waals surface area contributed by atoms with E-state index >= 15 is 0 Å². The van der Waals surface area contributed by atoms with Crippen molar-refractivity contribution in [3.05, 3.63) is 58.7 Å². The van der Waals surface area contributed by atoms with Gasteiger partial charge in [-0.1, -0.05) is 37.5 Å². The molecule has 3 rings (SSSR count). The summed E-state index contributed by atoms with van der Waals surface area (Å²) in [4.78, 5) is 11.1. The quantitative estimate of drug-likeness (QED) is 0.279. The molecule has 2 aromatic carbocycles. The van der Waals surface area contributed by atoms with Gasteiger partial charge in [-0.2, -0.15) is 0 Å². The van der Waals surface area contributed by atoms with Gasteiger partial charge in [0, 0.05) is 17.2 Å². The molecule has 6 heteroatoms. The second-order valence-corrected chi connectivity index (χ2v) is 8.57. The topological polar surface area (TPSA) is 122 Å². The number of fused-ring (bicyclic) bond motifs is 1. The van der Waals surface area contributed by atoms with Crippen LogP contribution in [0.3, 0.4) is 0 Å². The SMILES string of the molecule is NC(=O)c1ccc(CCNCCCCCCC2c3ccc(O)c(O)c3CCC2N)cc1. The molecule has 168 valence electrons. The molecule has 7 N–H and O–H groups in total. The Bertz CT molecular complexity index is 867. The largest absolute Gasteiger partial charge is 0.504 e. The van der Waals surface area contributed by atoms with Crippen LogP contribution in [0.25, 0.3) is 0 Å². The first-order valence-electron chi connectivity index (χ1n) is 11.4. The molecule has 0 saturated carbocycles. The van der Waals surface area contributed by atoms with Crippen LogP contribution >= 0.6 is 0 Å². The van der Waals surface area contributed by atoms with Crippen LogP contribution < -0.4 is 16.8 Å². The van der Waals surface area contributed by atoms with Gasteiger partial charge in [0.1, 0.15) is 0 Å². The molecular formula is C25H35N3O3. The highest BCUT2D eigenvalue weighted by atomic mass is 16.3. The zero-order valence-electron chi connectivity index (χ0n) is 18.1. The average molecular weight is 426 g/mol. The number of amides is 1. The summed E-state index contributed by atoms with van der Waals surface area (Å²) in [6, 6.07) is 11.1. The molecule has 6 nitrogen and oxygen atoms in total. The van der Waals surface area contributed by atoms with E-state index < -0.39 is 5.91 Å². The molecule has 2 aromatic rings. The van der Waals surface area contributed by atoms with Crippen molar-refractivity contribution in [1.82, 2.24) is 5.32 Å². The van der Waals surface area contributed by atoms with E-state index in [0.717, 1.165) is 62.7 Å². The Morgan fingerprint density at radius 2 is 1.74 bits per heavy atom. The number of nitrogens with two attached hydrogens (primary N) is 2. The van der Waals surface area contributed by atoms with Crippen molar-refractivity contribution in [3.63, 3.8) is 0 Å². The van der Waals surface area contributed by atoms with E-state index in [0.29, 0.717) is 5.56 Å². The van der Waals surface area contributed by atoms with E-state index in [4.69, 9.17) is 11.5 Å². The third kappa shape index (κ3) is 6.21. The Hall–Kier alpha value is -2.57. The van der Waals surface area contributed by atoms with Crippen molar-refractivity contribution in [1.29, 1.82) is 0 Å². The first-order valence-corrected chi connectivity index (χ1v) is 11.4. The second-order valence-electron chi connectivity index (χ2n) is 8.57. The van der Waals surface area contributed by atoms with Gasteiger partial charge in [0.2, 0.25) is 5.91 Å². The number of unbranched alkanes of at least 4 members (excludes halogenated alkanes) is 3. The molecule has 0 saturated heterocycles. The van der Waals surface area contributed by atoms with Crippen LogP contribution in [0, 0.1) is 0 Å². The van der Waals surface area contributed by atoms with Gasteiger partial charge in [-0.05, 0) is 80.4 Å². The van der Waals surface area contributed by atoms with E-state index in [2.05, 4.69) is 5.32 Å². The molecule has 0 aromatic heterocycles. The number of rotatable bonds is 11. The molecule has 2 atom stereocenters. The predicted molar refractivity (Wildman–Crippen MR) is 123 cm³/mol. The number of primary amides is 1. The van der Waals surface area contributed by atoms with Crippen LogP contribution in [0.15, 0.2) is 36.4 Å². The smallest absolute Gasteiger partial charge is 0.248 e. The van der Waals surface area contributed by atoms with Crippen LogP contribution in [0.4, 0.5) is 0 Å². The Kier molecular flexibility index (Phi) is 8.32. The Balaban J connectivity index is 1.30. The molecule has 1 amide bonds. The standard InChI is InChI=1S/C25H35N3O3/c26-22-12-10-21-19(11-13-23(29)24(21)30)20(22)5-3-1-2-4-15-28-16-14-17-6-8-18(9-7-17)25(27)31/h6-9,11,13,20,22,28-30H,1-5,10,12,14-16,26H2,(H2,27,31). The summed E-state index contributed by atoms with van der Waals surface area (Å²) < 4.78 is 0. The lowest BCUT2D eigenvalue weighted by atomic mass is 9.76. The molecule has 1 aliphatic carbocycles. The van der Waals surface area contributed by atoms with Crippen molar-refractivity contribution in [2.75, 3.05) is 13.1 Å². The fraction of sp³-hybridized carbons (Fsp3) is 0.480. The van der Waals surface area contributed by atoms with Crippen molar-refractivity contribution in [2.24, 2.45) is 11.5 Å². The molecule has 0 bridgehead atoms. The van der Waals surface area contributed by atoms with Gasteiger partial charge in [0.25, 0.3) is 0 Å². The summed E-state index contributed by atoms with van der Waals surface area (Å²) in [5, 5.41) is 23.4. The highest BCUT2D eigenvalue weighted by Gasteiger charge is 2.29. The minimum atomic E-state index is -0.392. The van der Waals surface area contributed by atoms with E-state index in [1.54, 1.807) is 18.2 Å². The molecule has 0 aliphatic heterocycles. The lowest BCUT2D eigenvalue weighted by Gasteiger charge is -2.32. The molecule has 0 radical (unpaired) electrons. The lowest BCUT2D eigenvalue weighted by molar-refractivity contribution is 0.100. The first kappa shape index (κ1) is 23.1. The van der Waals surface area contributed by atoms with Gasteiger partial charge in [-0.25, -0.2) is 0 Å². The fourth-order valence-corrected chi connectivity index (χ4v) is 4.52. The maximum Gasteiger partial charge on any atom is 0.248 e. The first-order chi connectivity index (χ1) is 15.0. The zero-order valence-corrected chi connectivity index (χ0v) is 18.1. The van der Waals surface area contributed by atoms with Gasteiger partial charge in [0.15, 0.2) is 11.5 Å². The number of nitrogens with one attached hydrogen (secondary N) is 1. The maximum atomic E-state index is 11.1. The number of phenolic OH excluding ortho intramolecular Hbond substituents is 2. The average Bonchev–Trinajstić information content (AvgIpc) is 2.76. The number of aromatic hydroxyl groups is 2. The van der Waals surface area contributed by atoms with Gasteiger partial charge < -0.3 is 27.0 Å².